The van der Waals surface area contributed by atoms with Crippen molar-refractivity contribution in [3.05, 3.63) is 52.0 Å². The minimum absolute atomic E-state index is 0.0715. The lowest BCUT2D eigenvalue weighted by atomic mass is 9.81. The van der Waals surface area contributed by atoms with Crippen LogP contribution in [0.1, 0.15) is 28.9 Å². The maximum atomic E-state index is 15.7. The quantitative estimate of drug-likeness (QED) is 0.516. The minimum atomic E-state index is -4.89. The maximum absolute atomic E-state index is 15.7. The molecule has 13 heteroatoms. The Morgan fingerprint density at radius 2 is 1.91 bits per heavy atom. The minimum Gasteiger partial charge on any atom is -0.481 e. The number of amides is 3. The Hall–Kier alpha value is -3.12. The van der Waals surface area contributed by atoms with Crippen LogP contribution < -0.4 is 16.2 Å². The molecular formula is C21H19ClF5N3O4. The first-order valence-electron chi connectivity index (χ1n) is 9.80. The van der Waals surface area contributed by atoms with Gasteiger partial charge < -0.3 is 26.2 Å². The van der Waals surface area contributed by atoms with Crippen molar-refractivity contribution in [2.24, 2.45) is 17.4 Å². The van der Waals surface area contributed by atoms with E-state index in [9.17, 15) is 32.3 Å². The summed E-state index contributed by atoms with van der Waals surface area (Å²) in [5.41, 5.74) is 7.81. The molecule has 0 aliphatic carbocycles. The molecule has 0 bridgehead atoms. The summed E-state index contributed by atoms with van der Waals surface area (Å²) in [5.74, 6) is -5.39. The molecule has 3 rings (SSSR count). The number of hydrogen-bond acceptors (Lipinski definition) is 4. The van der Waals surface area contributed by atoms with Crippen LogP contribution in [0.25, 0.3) is 11.1 Å². The number of rotatable bonds is 6. The van der Waals surface area contributed by atoms with Gasteiger partial charge in [0.2, 0.25) is 0 Å². The Balaban J connectivity index is 2.38. The SMILES string of the molecule is CC(Oc1cc(C2C(CO)CN2C(N)=O)c(F)c(C(N)=O)c1-c1c(F)cccc1Cl)C(F)(F)F. The number of nitrogens with zero attached hydrogens (tertiary/aromatic N) is 1. The molecule has 0 saturated carbocycles. The predicted octanol–water partition coefficient (Wildman–Crippen LogP) is 3.76. The number of aliphatic hydroxyl groups excluding tert-OH is 1. The van der Waals surface area contributed by atoms with E-state index in [1.807, 2.05) is 0 Å². The van der Waals surface area contributed by atoms with E-state index in [0.29, 0.717) is 6.92 Å². The van der Waals surface area contributed by atoms with Crippen molar-refractivity contribution in [3.63, 3.8) is 0 Å². The van der Waals surface area contributed by atoms with Crippen molar-refractivity contribution in [3.8, 4) is 16.9 Å². The van der Waals surface area contributed by atoms with E-state index in [2.05, 4.69) is 0 Å². The number of likely N-dealkylation sites (tertiary alicyclic amines) is 1. The standard InChI is InChI=1S/C21H19ClF5N3O4/c1-8(21(25,26)27)34-13-5-10(18-9(7-31)6-30(18)20(29)33)17(24)16(19(28)32)15(13)14-11(22)3-2-4-12(14)23/h2-5,8-9,18,31H,6-7H2,1H3,(H2,28,32)(H2,29,33). The summed E-state index contributed by atoms with van der Waals surface area (Å²) in [6.45, 7) is 0.0446. The number of hydrogen-bond donors (Lipinski definition) is 3. The second kappa shape index (κ2) is 9.26. The molecule has 34 heavy (non-hydrogen) atoms. The molecule has 5 N–H and O–H groups in total. The zero-order valence-electron chi connectivity index (χ0n) is 17.5. The van der Waals surface area contributed by atoms with Gasteiger partial charge in [0.1, 0.15) is 17.4 Å². The molecule has 3 atom stereocenters. The number of carbonyl (C=O) groups is 2. The molecule has 2 aromatic carbocycles. The third kappa shape index (κ3) is 4.47. The van der Waals surface area contributed by atoms with Gasteiger partial charge in [-0.25, -0.2) is 13.6 Å². The lowest BCUT2D eigenvalue weighted by Crippen LogP contribution is -2.56. The summed E-state index contributed by atoms with van der Waals surface area (Å²) in [6.07, 6.45) is -7.36. The number of urea groups is 1. The van der Waals surface area contributed by atoms with Gasteiger partial charge in [0.25, 0.3) is 5.91 Å². The van der Waals surface area contributed by atoms with E-state index in [0.717, 1.165) is 17.0 Å². The van der Waals surface area contributed by atoms with Crippen molar-refractivity contribution >= 4 is 23.5 Å². The lowest BCUT2D eigenvalue weighted by molar-refractivity contribution is -0.189. The van der Waals surface area contributed by atoms with E-state index >= 15 is 4.39 Å². The zero-order chi connectivity index (χ0) is 25.5. The highest BCUT2D eigenvalue weighted by atomic mass is 35.5. The summed E-state index contributed by atoms with van der Waals surface area (Å²) in [6, 6.07) is 1.83. The van der Waals surface area contributed by atoms with Crippen LogP contribution in [0, 0.1) is 17.6 Å². The first-order chi connectivity index (χ1) is 15.8. The van der Waals surface area contributed by atoms with Gasteiger partial charge in [-0.3, -0.25) is 4.79 Å². The topological polar surface area (TPSA) is 119 Å². The van der Waals surface area contributed by atoms with E-state index in [1.165, 1.54) is 12.1 Å². The molecule has 1 saturated heterocycles. The van der Waals surface area contributed by atoms with Crippen LogP contribution in [0.2, 0.25) is 5.02 Å². The first-order valence-corrected chi connectivity index (χ1v) is 10.2. The molecule has 3 unspecified atom stereocenters. The lowest BCUT2D eigenvalue weighted by Gasteiger charge is -2.47. The van der Waals surface area contributed by atoms with E-state index in [-0.39, 0.29) is 11.6 Å². The number of alkyl halides is 3. The Bertz CT molecular complexity index is 1120. The van der Waals surface area contributed by atoms with Crippen LogP contribution >= 0.6 is 11.6 Å². The normalized spacial score (nSPS) is 18.9. The number of carbonyl (C=O) groups excluding carboxylic acids is 2. The molecule has 3 amide bonds. The zero-order valence-corrected chi connectivity index (χ0v) is 18.3. The molecule has 1 fully saturated rings. The second-order valence-corrected chi connectivity index (χ2v) is 8.08. The van der Waals surface area contributed by atoms with Crippen LogP contribution in [-0.4, -0.2) is 47.4 Å². The molecule has 1 aliphatic heterocycles. The van der Waals surface area contributed by atoms with E-state index in [1.54, 1.807) is 0 Å². The number of aliphatic hydroxyl groups is 1. The van der Waals surface area contributed by atoms with Crippen LogP contribution in [0.5, 0.6) is 5.75 Å². The number of halogens is 6. The van der Waals surface area contributed by atoms with Crippen LogP contribution in [-0.2, 0) is 0 Å². The van der Waals surface area contributed by atoms with Gasteiger partial charge in [-0.2, -0.15) is 13.2 Å². The van der Waals surface area contributed by atoms with E-state index in [4.69, 9.17) is 27.8 Å². The average Bonchev–Trinajstić information content (AvgIpc) is 2.69. The Kier molecular flexibility index (Phi) is 6.94. The predicted molar refractivity (Wildman–Crippen MR) is 111 cm³/mol. The Morgan fingerprint density at radius 3 is 2.41 bits per heavy atom. The maximum Gasteiger partial charge on any atom is 0.425 e. The summed E-state index contributed by atoms with van der Waals surface area (Å²) < 4.78 is 75.3. The highest BCUT2D eigenvalue weighted by molar-refractivity contribution is 6.33. The third-order valence-electron chi connectivity index (χ3n) is 5.53. The number of ether oxygens (including phenoxy) is 1. The van der Waals surface area contributed by atoms with Gasteiger partial charge in [-0.05, 0) is 25.1 Å². The van der Waals surface area contributed by atoms with Crippen molar-refractivity contribution in [1.82, 2.24) is 4.90 Å². The average molecular weight is 508 g/mol. The molecule has 1 heterocycles. The summed E-state index contributed by atoms with van der Waals surface area (Å²) in [5, 5.41) is 9.22. The highest BCUT2D eigenvalue weighted by Gasteiger charge is 2.45. The molecular weight excluding hydrogens is 489 g/mol. The second-order valence-electron chi connectivity index (χ2n) is 7.67. The molecule has 0 spiro atoms. The Labute approximate surface area is 195 Å². The summed E-state index contributed by atoms with van der Waals surface area (Å²) in [7, 11) is 0. The van der Waals surface area contributed by atoms with Crippen LogP contribution in [0.4, 0.5) is 26.7 Å². The van der Waals surface area contributed by atoms with Gasteiger partial charge in [0, 0.05) is 35.8 Å². The van der Waals surface area contributed by atoms with Crippen molar-refractivity contribution in [1.29, 1.82) is 0 Å². The molecule has 0 aromatic heterocycles. The molecule has 2 aromatic rings. The van der Waals surface area contributed by atoms with Crippen molar-refractivity contribution in [2.75, 3.05) is 13.2 Å². The molecule has 184 valence electrons. The van der Waals surface area contributed by atoms with Gasteiger partial charge in [0.15, 0.2) is 6.10 Å². The fraction of sp³-hybridized carbons (Fsp3) is 0.333. The monoisotopic (exact) mass is 507 g/mol. The van der Waals surface area contributed by atoms with Crippen LogP contribution in [0.15, 0.2) is 24.3 Å². The Morgan fingerprint density at radius 1 is 1.26 bits per heavy atom. The van der Waals surface area contributed by atoms with Crippen molar-refractivity contribution in [2.45, 2.75) is 25.2 Å². The van der Waals surface area contributed by atoms with Gasteiger partial charge >= 0.3 is 12.2 Å². The van der Waals surface area contributed by atoms with Crippen LogP contribution in [0.3, 0.4) is 0 Å². The summed E-state index contributed by atoms with van der Waals surface area (Å²) >= 11 is 6.05. The molecule has 7 nitrogen and oxygen atoms in total. The van der Waals surface area contributed by atoms with Crippen molar-refractivity contribution < 1.29 is 41.4 Å². The summed E-state index contributed by atoms with van der Waals surface area (Å²) in [4.78, 5) is 25.0. The van der Waals surface area contributed by atoms with Gasteiger partial charge in [0.05, 0.1) is 16.6 Å². The third-order valence-corrected chi connectivity index (χ3v) is 5.84. The number of primary amides is 2. The first kappa shape index (κ1) is 25.5. The van der Waals surface area contributed by atoms with Gasteiger partial charge in [-0.15, -0.1) is 0 Å². The molecule has 0 radical (unpaired) electrons. The molecule has 1 aliphatic rings. The number of benzene rings is 2. The largest absolute Gasteiger partial charge is 0.481 e. The van der Waals surface area contributed by atoms with Gasteiger partial charge in [-0.1, -0.05) is 17.7 Å². The highest BCUT2D eigenvalue weighted by Crippen LogP contribution is 2.47. The smallest absolute Gasteiger partial charge is 0.425 e. The van der Waals surface area contributed by atoms with E-state index < -0.39 is 82.4 Å². The number of nitrogens with two attached hydrogens (primary N) is 2. The fourth-order valence-electron chi connectivity index (χ4n) is 3.82. The fourth-order valence-corrected chi connectivity index (χ4v) is 4.08.